The fourth-order valence-electron chi connectivity index (χ4n) is 5.04. The Labute approximate surface area is 190 Å². The molecule has 1 aliphatic heterocycles. The molecule has 1 aliphatic carbocycles. The molecule has 0 radical (unpaired) electrons. The van der Waals surface area contributed by atoms with Gasteiger partial charge in [-0.3, -0.25) is 4.79 Å². The van der Waals surface area contributed by atoms with Crippen LogP contribution in [0.5, 0.6) is 0 Å². The van der Waals surface area contributed by atoms with E-state index in [1.807, 2.05) is 72.5 Å². The van der Waals surface area contributed by atoms with Crippen LogP contribution in [0.15, 0.2) is 65.7 Å². The first-order valence-electron chi connectivity index (χ1n) is 11.7. The molecule has 1 saturated carbocycles. The molecule has 1 saturated heterocycles. The lowest BCUT2D eigenvalue weighted by molar-refractivity contribution is -0.160. The van der Waals surface area contributed by atoms with Crippen molar-refractivity contribution in [1.82, 2.24) is 9.80 Å². The summed E-state index contributed by atoms with van der Waals surface area (Å²) >= 11 is 0. The number of carbonyl (C=O) groups excluding carboxylic acids is 1. The monoisotopic (exact) mass is 434 g/mol. The minimum Gasteiger partial charge on any atom is -0.375 e. The first-order valence-corrected chi connectivity index (χ1v) is 11.7. The van der Waals surface area contributed by atoms with E-state index in [0.717, 1.165) is 31.2 Å². The molecule has 2 aromatic rings. The second kappa shape index (κ2) is 9.74. The highest BCUT2D eigenvalue weighted by molar-refractivity contribution is 5.87. The second-order valence-corrected chi connectivity index (χ2v) is 8.97. The number of nitrogens with zero attached hydrogens (tertiary/aromatic N) is 3. The molecule has 2 aliphatic rings. The standard InChI is InChI=1S/C26H34N4O2/c1-20(21-10-4-2-5-11-21)28-25(27)30-18-16-29(17-19-30)24(31)26(32,23-14-8-9-15-23)22-12-6-3-7-13-22/h2-7,10-13,20,23,32H,8-9,14-19H2,1H3,(H2,27,28)/t20?,26-/m0/s1. The van der Waals surface area contributed by atoms with Crippen molar-refractivity contribution in [2.75, 3.05) is 26.2 Å². The summed E-state index contributed by atoms with van der Waals surface area (Å²) in [5.74, 6) is 0.291. The van der Waals surface area contributed by atoms with Gasteiger partial charge in [-0.25, -0.2) is 4.99 Å². The molecular formula is C26H34N4O2. The number of rotatable bonds is 5. The molecule has 4 rings (SSSR count). The molecule has 1 amide bonds. The van der Waals surface area contributed by atoms with Gasteiger partial charge in [0.2, 0.25) is 0 Å². The molecule has 2 aromatic carbocycles. The summed E-state index contributed by atoms with van der Waals surface area (Å²) in [6.07, 6.45) is 3.89. The lowest BCUT2D eigenvalue weighted by atomic mass is 9.79. The predicted molar refractivity (Wildman–Crippen MR) is 127 cm³/mol. The van der Waals surface area contributed by atoms with Gasteiger partial charge < -0.3 is 20.6 Å². The van der Waals surface area contributed by atoms with Crippen molar-refractivity contribution in [1.29, 1.82) is 0 Å². The van der Waals surface area contributed by atoms with Crippen LogP contribution in [-0.4, -0.2) is 53.0 Å². The van der Waals surface area contributed by atoms with Crippen molar-refractivity contribution < 1.29 is 9.90 Å². The Bertz CT molecular complexity index is 919. The zero-order valence-electron chi connectivity index (χ0n) is 18.9. The molecule has 170 valence electrons. The van der Waals surface area contributed by atoms with E-state index in [2.05, 4.69) is 4.99 Å². The molecule has 2 fully saturated rings. The van der Waals surface area contributed by atoms with E-state index in [9.17, 15) is 9.90 Å². The number of nitrogens with two attached hydrogens (primary N) is 1. The van der Waals surface area contributed by atoms with Crippen molar-refractivity contribution in [2.45, 2.75) is 44.2 Å². The normalized spacial score (nSPS) is 20.8. The lowest BCUT2D eigenvalue weighted by Gasteiger charge is -2.41. The van der Waals surface area contributed by atoms with Gasteiger partial charge in [-0.2, -0.15) is 0 Å². The van der Waals surface area contributed by atoms with Crippen LogP contribution in [0.25, 0.3) is 0 Å². The zero-order chi connectivity index (χ0) is 22.6. The van der Waals surface area contributed by atoms with E-state index in [1.165, 1.54) is 0 Å². The van der Waals surface area contributed by atoms with Gasteiger partial charge in [-0.15, -0.1) is 0 Å². The maximum absolute atomic E-state index is 13.6. The maximum atomic E-state index is 13.6. The van der Waals surface area contributed by atoms with Gasteiger partial charge in [0.05, 0.1) is 6.04 Å². The van der Waals surface area contributed by atoms with Crippen LogP contribution >= 0.6 is 0 Å². The van der Waals surface area contributed by atoms with Gasteiger partial charge in [0.25, 0.3) is 5.91 Å². The van der Waals surface area contributed by atoms with Gasteiger partial charge in [0.15, 0.2) is 11.6 Å². The first kappa shape index (κ1) is 22.3. The minimum absolute atomic E-state index is 0.0265. The molecule has 0 spiro atoms. The van der Waals surface area contributed by atoms with Gasteiger partial charge in [-0.05, 0) is 30.9 Å². The number of piperazine rings is 1. The molecule has 0 bridgehead atoms. The van der Waals surface area contributed by atoms with Gasteiger partial charge in [-0.1, -0.05) is 73.5 Å². The predicted octanol–water partition coefficient (Wildman–Crippen LogP) is 3.28. The Morgan fingerprint density at radius 2 is 1.50 bits per heavy atom. The summed E-state index contributed by atoms with van der Waals surface area (Å²) in [5.41, 5.74) is 6.68. The third-order valence-corrected chi connectivity index (χ3v) is 6.98. The van der Waals surface area contributed by atoms with Crippen molar-refractivity contribution in [3.63, 3.8) is 0 Å². The molecule has 1 unspecified atom stereocenters. The molecule has 6 heteroatoms. The molecule has 32 heavy (non-hydrogen) atoms. The van der Waals surface area contributed by atoms with Gasteiger partial charge in [0, 0.05) is 32.1 Å². The molecule has 0 aromatic heterocycles. The third-order valence-electron chi connectivity index (χ3n) is 6.98. The summed E-state index contributed by atoms with van der Waals surface area (Å²) in [6, 6.07) is 19.5. The van der Waals surface area contributed by atoms with Crippen LogP contribution in [0, 0.1) is 5.92 Å². The van der Waals surface area contributed by atoms with Crippen LogP contribution in [0.4, 0.5) is 0 Å². The SMILES string of the molecule is CC(N=C(N)N1CCN(C(=O)[C@](O)(c2ccccc2)C2CCCC2)CC1)c1ccccc1. The second-order valence-electron chi connectivity index (χ2n) is 8.97. The third kappa shape index (κ3) is 4.51. The number of aliphatic imine (C=N–C) groups is 1. The number of amides is 1. The van der Waals surface area contributed by atoms with E-state index in [4.69, 9.17) is 5.73 Å². The van der Waals surface area contributed by atoms with Crippen molar-refractivity contribution >= 4 is 11.9 Å². The number of hydrogen-bond donors (Lipinski definition) is 2. The van der Waals surface area contributed by atoms with E-state index in [-0.39, 0.29) is 17.9 Å². The minimum atomic E-state index is -1.46. The van der Waals surface area contributed by atoms with Crippen LogP contribution in [0.2, 0.25) is 0 Å². The number of carbonyl (C=O) groups is 1. The smallest absolute Gasteiger partial charge is 0.259 e. The van der Waals surface area contributed by atoms with E-state index in [0.29, 0.717) is 37.7 Å². The number of aliphatic hydroxyl groups is 1. The Morgan fingerprint density at radius 1 is 0.969 bits per heavy atom. The van der Waals surface area contributed by atoms with Crippen LogP contribution in [0.1, 0.15) is 49.8 Å². The Kier molecular flexibility index (Phi) is 6.80. The largest absolute Gasteiger partial charge is 0.375 e. The highest BCUT2D eigenvalue weighted by atomic mass is 16.3. The summed E-state index contributed by atoms with van der Waals surface area (Å²) in [5, 5.41) is 11.8. The Morgan fingerprint density at radius 3 is 2.09 bits per heavy atom. The summed E-state index contributed by atoms with van der Waals surface area (Å²) in [4.78, 5) is 22.1. The Balaban J connectivity index is 1.44. The first-order chi connectivity index (χ1) is 15.5. The van der Waals surface area contributed by atoms with Crippen LogP contribution < -0.4 is 5.73 Å². The molecule has 2 atom stereocenters. The Hall–Kier alpha value is -2.86. The van der Waals surface area contributed by atoms with Crippen LogP contribution in [-0.2, 0) is 10.4 Å². The summed E-state index contributed by atoms with van der Waals surface area (Å²) in [6.45, 7) is 4.30. The fourth-order valence-corrected chi connectivity index (χ4v) is 5.04. The van der Waals surface area contributed by atoms with Gasteiger partial charge >= 0.3 is 0 Å². The van der Waals surface area contributed by atoms with Crippen molar-refractivity contribution in [2.24, 2.45) is 16.6 Å². The van der Waals surface area contributed by atoms with E-state index >= 15 is 0 Å². The fraction of sp³-hybridized carbons (Fsp3) is 0.462. The van der Waals surface area contributed by atoms with Crippen molar-refractivity contribution in [3.8, 4) is 0 Å². The summed E-state index contributed by atoms with van der Waals surface area (Å²) in [7, 11) is 0. The summed E-state index contributed by atoms with van der Waals surface area (Å²) < 4.78 is 0. The molecule has 6 nitrogen and oxygen atoms in total. The number of benzene rings is 2. The van der Waals surface area contributed by atoms with E-state index < -0.39 is 5.60 Å². The van der Waals surface area contributed by atoms with E-state index in [1.54, 1.807) is 4.90 Å². The van der Waals surface area contributed by atoms with Crippen LogP contribution in [0.3, 0.4) is 0 Å². The highest BCUT2D eigenvalue weighted by Crippen LogP contribution is 2.42. The maximum Gasteiger partial charge on any atom is 0.259 e. The average Bonchev–Trinajstić information content (AvgIpc) is 3.40. The molecule has 3 N–H and O–H groups in total. The molecule has 1 heterocycles. The number of guanidine groups is 1. The van der Waals surface area contributed by atoms with Crippen molar-refractivity contribution in [3.05, 3.63) is 71.8 Å². The molecular weight excluding hydrogens is 400 g/mol. The topological polar surface area (TPSA) is 82.2 Å². The highest BCUT2D eigenvalue weighted by Gasteiger charge is 2.48. The zero-order valence-corrected chi connectivity index (χ0v) is 18.9. The lowest BCUT2D eigenvalue weighted by Crippen LogP contribution is -2.58. The average molecular weight is 435 g/mol. The number of hydrogen-bond acceptors (Lipinski definition) is 3. The van der Waals surface area contributed by atoms with Gasteiger partial charge in [0.1, 0.15) is 0 Å². The quantitative estimate of drug-likeness (QED) is 0.559.